The van der Waals surface area contributed by atoms with Gasteiger partial charge in [0.05, 0.1) is 5.69 Å². The van der Waals surface area contributed by atoms with Gasteiger partial charge >= 0.3 is 0 Å². The van der Waals surface area contributed by atoms with Crippen LogP contribution in [-0.4, -0.2) is 9.78 Å². The highest BCUT2D eigenvalue weighted by Gasteiger charge is 2.07. The highest BCUT2D eigenvalue weighted by atomic mass is 35.5. The van der Waals surface area contributed by atoms with Gasteiger partial charge in [0, 0.05) is 30.9 Å². The Hall–Kier alpha value is -1.46. The average Bonchev–Trinajstić information content (AvgIpc) is 2.83. The number of halogens is 3. The zero-order valence-electron chi connectivity index (χ0n) is 11.4. The third-order valence-electron chi connectivity index (χ3n) is 2.85. The van der Waals surface area contributed by atoms with Crippen molar-refractivity contribution in [2.45, 2.75) is 33.0 Å². The third kappa shape index (κ3) is 4.02. The minimum atomic E-state index is -0.816. The van der Waals surface area contributed by atoms with Crippen molar-refractivity contribution >= 4 is 12.4 Å². The van der Waals surface area contributed by atoms with Crippen molar-refractivity contribution in [1.29, 1.82) is 0 Å². The summed E-state index contributed by atoms with van der Waals surface area (Å²) in [6.07, 6.45) is 1.91. The summed E-state index contributed by atoms with van der Waals surface area (Å²) in [6, 6.07) is 6.41. The number of nitrogens with zero attached hydrogens (tertiary/aromatic N) is 2. The quantitative estimate of drug-likeness (QED) is 0.916. The van der Waals surface area contributed by atoms with Crippen molar-refractivity contribution in [3.8, 4) is 0 Å². The van der Waals surface area contributed by atoms with Gasteiger partial charge in [0.25, 0.3) is 0 Å². The van der Waals surface area contributed by atoms with E-state index in [1.165, 1.54) is 6.07 Å². The molecule has 0 aliphatic carbocycles. The Kier molecular flexibility index (Phi) is 6.10. The standard InChI is InChI=1S/C14H17F2N3.ClH/c1-10(2)19-7-6-12(18-19)9-17-8-11-4-3-5-13(15)14(11)16;/h3-7,10,17H,8-9H2,1-2H3;1H. The summed E-state index contributed by atoms with van der Waals surface area (Å²) in [7, 11) is 0. The Morgan fingerprint density at radius 2 is 1.95 bits per heavy atom. The minimum Gasteiger partial charge on any atom is -0.307 e. The van der Waals surface area contributed by atoms with E-state index in [4.69, 9.17) is 0 Å². The molecule has 0 bridgehead atoms. The Labute approximate surface area is 123 Å². The average molecular weight is 302 g/mol. The van der Waals surface area contributed by atoms with E-state index < -0.39 is 11.6 Å². The van der Waals surface area contributed by atoms with Gasteiger partial charge in [-0.2, -0.15) is 5.10 Å². The summed E-state index contributed by atoms with van der Waals surface area (Å²) in [5.41, 5.74) is 1.20. The molecule has 3 nitrogen and oxygen atoms in total. The Balaban J connectivity index is 0.00000200. The van der Waals surface area contributed by atoms with Crippen LogP contribution in [0.2, 0.25) is 0 Å². The Bertz CT molecular complexity index is 555. The maximum Gasteiger partial charge on any atom is 0.163 e. The second-order valence-electron chi connectivity index (χ2n) is 4.70. The summed E-state index contributed by atoms with van der Waals surface area (Å²) in [4.78, 5) is 0. The Morgan fingerprint density at radius 1 is 1.20 bits per heavy atom. The largest absolute Gasteiger partial charge is 0.307 e. The van der Waals surface area contributed by atoms with Gasteiger partial charge in [-0.25, -0.2) is 8.78 Å². The summed E-state index contributed by atoms with van der Waals surface area (Å²) >= 11 is 0. The van der Waals surface area contributed by atoms with Gasteiger partial charge in [0.1, 0.15) is 0 Å². The van der Waals surface area contributed by atoms with E-state index in [2.05, 4.69) is 10.4 Å². The van der Waals surface area contributed by atoms with Crippen LogP contribution in [0.25, 0.3) is 0 Å². The lowest BCUT2D eigenvalue weighted by molar-refractivity contribution is 0.490. The molecule has 0 amide bonds. The molecule has 1 heterocycles. The van der Waals surface area contributed by atoms with Crippen LogP contribution in [-0.2, 0) is 13.1 Å². The molecule has 0 radical (unpaired) electrons. The molecule has 2 rings (SSSR count). The molecule has 0 unspecified atom stereocenters. The SMILES string of the molecule is CC(C)n1ccc(CNCc2cccc(F)c2F)n1.Cl. The normalized spacial score (nSPS) is 10.7. The molecule has 0 atom stereocenters. The van der Waals surface area contributed by atoms with Gasteiger partial charge in [-0.1, -0.05) is 12.1 Å². The smallest absolute Gasteiger partial charge is 0.163 e. The molecule has 20 heavy (non-hydrogen) atoms. The van der Waals surface area contributed by atoms with E-state index in [1.54, 1.807) is 6.07 Å². The molecule has 1 N–H and O–H groups in total. The molecular formula is C14H18ClF2N3. The number of benzene rings is 1. The second kappa shape index (κ2) is 7.36. The highest BCUT2D eigenvalue weighted by Crippen LogP contribution is 2.11. The van der Waals surface area contributed by atoms with Crippen molar-refractivity contribution < 1.29 is 8.78 Å². The molecule has 1 aromatic carbocycles. The van der Waals surface area contributed by atoms with Crippen LogP contribution in [0, 0.1) is 11.6 Å². The van der Waals surface area contributed by atoms with Crippen LogP contribution in [0.15, 0.2) is 30.5 Å². The molecule has 0 saturated heterocycles. The maximum atomic E-state index is 13.4. The first-order valence-corrected chi connectivity index (χ1v) is 6.25. The zero-order chi connectivity index (χ0) is 13.8. The fourth-order valence-corrected chi connectivity index (χ4v) is 1.77. The summed E-state index contributed by atoms with van der Waals surface area (Å²) in [5, 5.41) is 7.42. The highest BCUT2D eigenvalue weighted by molar-refractivity contribution is 5.85. The van der Waals surface area contributed by atoms with E-state index in [-0.39, 0.29) is 19.0 Å². The van der Waals surface area contributed by atoms with E-state index >= 15 is 0 Å². The van der Waals surface area contributed by atoms with E-state index in [1.807, 2.05) is 30.8 Å². The number of nitrogens with one attached hydrogen (secondary N) is 1. The van der Waals surface area contributed by atoms with Crippen molar-refractivity contribution in [3.05, 3.63) is 53.4 Å². The first-order chi connectivity index (χ1) is 9.08. The molecule has 0 aliphatic rings. The van der Waals surface area contributed by atoms with Crippen molar-refractivity contribution in [1.82, 2.24) is 15.1 Å². The van der Waals surface area contributed by atoms with Gasteiger partial charge in [-0.15, -0.1) is 12.4 Å². The molecule has 110 valence electrons. The Morgan fingerprint density at radius 3 is 2.60 bits per heavy atom. The number of hydrogen-bond acceptors (Lipinski definition) is 2. The third-order valence-corrected chi connectivity index (χ3v) is 2.85. The monoisotopic (exact) mass is 301 g/mol. The summed E-state index contributed by atoms with van der Waals surface area (Å²) < 4.78 is 28.3. The second-order valence-corrected chi connectivity index (χ2v) is 4.70. The molecule has 1 aromatic heterocycles. The van der Waals surface area contributed by atoms with Crippen molar-refractivity contribution in [3.63, 3.8) is 0 Å². The predicted octanol–water partition coefficient (Wildman–Crippen LogP) is 3.45. The lowest BCUT2D eigenvalue weighted by Gasteiger charge is -2.06. The molecule has 2 aromatic rings. The molecule has 0 saturated carbocycles. The molecule has 0 spiro atoms. The first kappa shape index (κ1) is 16.6. The fraction of sp³-hybridized carbons (Fsp3) is 0.357. The van der Waals surface area contributed by atoms with Crippen LogP contribution in [0.4, 0.5) is 8.78 Å². The molecule has 0 fully saturated rings. The van der Waals surface area contributed by atoms with Crippen LogP contribution in [0.1, 0.15) is 31.1 Å². The summed E-state index contributed by atoms with van der Waals surface area (Å²) in [6.45, 7) is 4.90. The summed E-state index contributed by atoms with van der Waals surface area (Å²) in [5.74, 6) is -1.61. The van der Waals surface area contributed by atoms with Gasteiger partial charge in [0.15, 0.2) is 11.6 Å². The molecular weight excluding hydrogens is 284 g/mol. The van der Waals surface area contributed by atoms with Gasteiger partial charge in [-0.05, 0) is 26.0 Å². The predicted molar refractivity (Wildman–Crippen MR) is 76.8 cm³/mol. The van der Waals surface area contributed by atoms with Crippen LogP contribution >= 0.6 is 12.4 Å². The van der Waals surface area contributed by atoms with Crippen LogP contribution in [0.3, 0.4) is 0 Å². The van der Waals surface area contributed by atoms with Gasteiger partial charge < -0.3 is 5.32 Å². The van der Waals surface area contributed by atoms with Crippen molar-refractivity contribution in [2.75, 3.05) is 0 Å². The zero-order valence-corrected chi connectivity index (χ0v) is 12.3. The fourth-order valence-electron chi connectivity index (χ4n) is 1.77. The maximum absolute atomic E-state index is 13.4. The van der Waals surface area contributed by atoms with E-state index in [9.17, 15) is 8.78 Å². The molecule has 0 aliphatic heterocycles. The number of rotatable bonds is 5. The van der Waals surface area contributed by atoms with Crippen LogP contribution in [0.5, 0.6) is 0 Å². The van der Waals surface area contributed by atoms with Gasteiger partial charge in [-0.3, -0.25) is 4.68 Å². The number of hydrogen-bond donors (Lipinski definition) is 1. The van der Waals surface area contributed by atoms with E-state index in [0.717, 1.165) is 11.8 Å². The minimum absolute atomic E-state index is 0. The molecule has 6 heteroatoms. The topological polar surface area (TPSA) is 29.9 Å². The van der Waals surface area contributed by atoms with Crippen molar-refractivity contribution in [2.24, 2.45) is 0 Å². The van der Waals surface area contributed by atoms with Crippen LogP contribution < -0.4 is 5.32 Å². The van der Waals surface area contributed by atoms with E-state index in [0.29, 0.717) is 18.2 Å². The number of aromatic nitrogens is 2. The van der Waals surface area contributed by atoms with Gasteiger partial charge in [0.2, 0.25) is 0 Å². The lowest BCUT2D eigenvalue weighted by Crippen LogP contribution is -2.15. The first-order valence-electron chi connectivity index (χ1n) is 6.25. The lowest BCUT2D eigenvalue weighted by atomic mass is 10.2.